The Hall–Kier alpha value is -1.11. The average molecular weight is 305 g/mol. The van der Waals surface area contributed by atoms with Gasteiger partial charge in [-0.2, -0.15) is 0 Å². The molecule has 7 heteroatoms. The Kier molecular flexibility index (Phi) is 5.56. The molecule has 0 radical (unpaired) electrons. The highest BCUT2D eigenvalue weighted by Crippen LogP contribution is 2.36. The summed E-state index contributed by atoms with van der Waals surface area (Å²) in [5.74, 6) is -1.14. The lowest BCUT2D eigenvalue weighted by molar-refractivity contribution is -0.155. The van der Waals surface area contributed by atoms with Gasteiger partial charge in [0.2, 0.25) is 5.91 Å². The quantitative estimate of drug-likeness (QED) is 0.787. The van der Waals surface area contributed by atoms with E-state index >= 15 is 0 Å². The molecule has 1 heterocycles. The fourth-order valence-electron chi connectivity index (χ4n) is 2.66. The van der Waals surface area contributed by atoms with Crippen molar-refractivity contribution in [3.8, 4) is 0 Å². The number of amides is 1. The van der Waals surface area contributed by atoms with E-state index in [1.165, 1.54) is 0 Å². The summed E-state index contributed by atoms with van der Waals surface area (Å²) in [4.78, 5) is 24.9. The van der Waals surface area contributed by atoms with Gasteiger partial charge in [-0.3, -0.25) is 9.59 Å². The summed E-state index contributed by atoms with van der Waals surface area (Å²) in [5, 5.41) is 9.37. The summed E-state index contributed by atoms with van der Waals surface area (Å²) in [5.41, 5.74) is -0.720. The van der Waals surface area contributed by atoms with Crippen LogP contribution in [0.25, 0.3) is 0 Å². The van der Waals surface area contributed by atoms with Crippen molar-refractivity contribution in [2.24, 2.45) is 5.41 Å². The van der Waals surface area contributed by atoms with Gasteiger partial charge in [0, 0.05) is 25.8 Å². The van der Waals surface area contributed by atoms with E-state index in [9.17, 15) is 23.1 Å². The Morgan fingerprint density at radius 2 is 1.80 bits per heavy atom. The minimum Gasteiger partial charge on any atom is -0.481 e. The first-order valence-electron chi connectivity index (χ1n) is 6.89. The van der Waals surface area contributed by atoms with E-state index < -0.39 is 21.2 Å². The predicted octanol–water partition coefficient (Wildman–Crippen LogP) is 0.915. The second-order valence-electron chi connectivity index (χ2n) is 5.60. The molecule has 0 aromatic heterocycles. The van der Waals surface area contributed by atoms with Crippen LogP contribution in [-0.2, 0) is 19.4 Å². The van der Waals surface area contributed by atoms with Crippen LogP contribution in [0.5, 0.6) is 0 Å². The zero-order chi connectivity index (χ0) is 15.4. The van der Waals surface area contributed by atoms with Crippen LogP contribution in [0.4, 0.5) is 0 Å². The number of carboxylic acids is 1. The van der Waals surface area contributed by atoms with Crippen LogP contribution in [0.15, 0.2) is 0 Å². The van der Waals surface area contributed by atoms with Gasteiger partial charge in [-0.15, -0.1) is 0 Å². The zero-order valence-corrected chi connectivity index (χ0v) is 12.9. The SMILES string of the molecule is CCCC1(C(=O)O)CCN(C(=O)CCS(C)(=O)=O)CC1. The molecule has 0 bridgehead atoms. The highest BCUT2D eigenvalue weighted by Gasteiger charge is 2.41. The monoisotopic (exact) mass is 305 g/mol. The van der Waals surface area contributed by atoms with Crippen molar-refractivity contribution in [1.82, 2.24) is 4.90 Å². The molecular formula is C13H23NO5S. The second kappa shape index (κ2) is 6.56. The normalized spacial score (nSPS) is 18.8. The van der Waals surface area contributed by atoms with Crippen LogP contribution >= 0.6 is 0 Å². The molecule has 0 aliphatic carbocycles. The van der Waals surface area contributed by atoms with E-state index in [2.05, 4.69) is 0 Å². The van der Waals surface area contributed by atoms with Crippen molar-refractivity contribution < 1.29 is 23.1 Å². The molecule has 1 rings (SSSR count). The van der Waals surface area contributed by atoms with Crippen molar-refractivity contribution in [3.63, 3.8) is 0 Å². The zero-order valence-electron chi connectivity index (χ0n) is 12.1. The van der Waals surface area contributed by atoms with E-state index in [0.717, 1.165) is 12.7 Å². The summed E-state index contributed by atoms with van der Waals surface area (Å²) in [7, 11) is -3.14. The molecule has 0 spiro atoms. The summed E-state index contributed by atoms with van der Waals surface area (Å²) >= 11 is 0. The van der Waals surface area contributed by atoms with Crippen LogP contribution in [0.1, 0.15) is 39.0 Å². The molecule has 1 amide bonds. The Bertz CT molecular complexity index is 463. The number of likely N-dealkylation sites (tertiary alicyclic amines) is 1. The number of piperidine rings is 1. The number of carboxylic acid groups (broad SMARTS) is 1. The number of nitrogens with zero attached hydrogens (tertiary/aromatic N) is 1. The molecule has 0 atom stereocenters. The molecule has 0 unspecified atom stereocenters. The smallest absolute Gasteiger partial charge is 0.309 e. The van der Waals surface area contributed by atoms with Gasteiger partial charge in [0.15, 0.2) is 0 Å². The molecule has 0 aromatic carbocycles. The highest BCUT2D eigenvalue weighted by molar-refractivity contribution is 7.90. The third-order valence-electron chi connectivity index (χ3n) is 3.94. The molecule has 0 saturated carbocycles. The molecule has 20 heavy (non-hydrogen) atoms. The molecule has 1 aliphatic heterocycles. The lowest BCUT2D eigenvalue weighted by Gasteiger charge is -2.38. The molecule has 116 valence electrons. The molecule has 1 N–H and O–H groups in total. The van der Waals surface area contributed by atoms with Crippen LogP contribution < -0.4 is 0 Å². The molecule has 1 fully saturated rings. The number of carbonyl (C=O) groups is 2. The molecule has 1 aliphatic rings. The maximum atomic E-state index is 11.9. The summed E-state index contributed by atoms with van der Waals surface area (Å²) < 4.78 is 22.1. The van der Waals surface area contributed by atoms with Gasteiger partial charge in [-0.05, 0) is 19.3 Å². The summed E-state index contributed by atoms with van der Waals surface area (Å²) in [6.45, 7) is 2.75. The first-order chi connectivity index (χ1) is 9.20. The second-order valence-corrected chi connectivity index (χ2v) is 7.86. The minimum atomic E-state index is -3.14. The summed E-state index contributed by atoms with van der Waals surface area (Å²) in [6, 6.07) is 0. The Morgan fingerprint density at radius 3 is 2.20 bits per heavy atom. The highest BCUT2D eigenvalue weighted by atomic mass is 32.2. The molecule has 6 nitrogen and oxygen atoms in total. The van der Waals surface area contributed by atoms with Crippen molar-refractivity contribution >= 4 is 21.7 Å². The number of hydrogen-bond donors (Lipinski definition) is 1. The maximum Gasteiger partial charge on any atom is 0.309 e. The maximum absolute atomic E-state index is 11.9. The topological polar surface area (TPSA) is 91.8 Å². The number of aliphatic carboxylic acids is 1. The molecule has 1 saturated heterocycles. The summed E-state index contributed by atoms with van der Waals surface area (Å²) in [6.07, 6.45) is 3.39. The average Bonchev–Trinajstić information content (AvgIpc) is 2.36. The van der Waals surface area contributed by atoms with Crippen LogP contribution in [0.2, 0.25) is 0 Å². The van der Waals surface area contributed by atoms with Gasteiger partial charge in [-0.25, -0.2) is 8.42 Å². The van der Waals surface area contributed by atoms with E-state index in [1.807, 2.05) is 6.92 Å². The third kappa shape index (κ3) is 4.47. The first kappa shape index (κ1) is 16.9. The van der Waals surface area contributed by atoms with E-state index in [1.54, 1.807) is 4.90 Å². The largest absolute Gasteiger partial charge is 0.481 e. The van der Waals surface area contributed by atoms with Gasteiger partial charge in [0.05, 0.1) is 11.2 Å². The number of sulfone groups is 1. The number of rotatable bonds is 6. The van der Waals surface area contributed by atoms with Crippen molar-refractivity contribution in [1.29, 1.82) is 0 Å². The lowest BCUT2D eigenvalue weighted by atomic mass is 9.75. The van der Waals surface area contributed by atoms with Crippen molar-refractivity contribution in [2.75, 3.05) is 25.1 Å². The third-order valence-corrected chi connectivity index (χ3v) is 4.89. The molecular weight excluding hydrogens is 282 g/mol. The van der Waals surface area contributed by atoms with Gasteiger partial charge in [-0.1, -0.05) is 13.3 Å². The van der Waals surface area contributed by atoms with Gasteiger partial charge >= 0.3 is 5.97 Å². The van der Waals surface area contributed by atoms with Crippen molar-refractivity contribution in [2.45, 2.75) is 39.0 Å². The van der Waals surface area contributed by atoms with Gasteiger partial charge in [0.25, 0.3) is 0 Å². The van der Waals surface area contributed by atoms with Crippen molar-refractivity contribution in [3.05, 3.63) is 0 Å². The van der Waals surface area contributed by atoms with Gasteiger partial charge in [0.1, 0.15) is 9.84 Å². The predicted molar refractivity (Wildman–Crippen MR) is 75.1 cm³/mol. The lowest BCUT2D eigenvalue weighted by Crippen LogP contribution is -2.46. The standard InChI is InChI=1S/C13H23NO5S/c1-3-5-13(12(16)17)6-8-14(9-7-13)11(15)4-10-20(2,18)19/h3-10H2,1-2H3,(H,16,17). The molecule has 0 aromatic rings. The Balaban J connectivity index is 2.56. The van der Waals surface area contributed by atoms with Gasteiger partial charge < -0.3 is 10.0 Å². The van der Waals surface area contributed by atoms with E-state index in [0.29, 0.717) is 32.4 Å². The van der Waals surface area contributed by atoms with Crippen LogP contribution in [0.3, 0.4) is 0 Å². The van der Waals surface area contributed by atoms with Crippen LogP contribution in [-0.4, -0.2) is 55.4 Å². The fraction of sp³-hybridized carbons (Fsp3) is 0.846. The van der Waals surface area contributed by atoms with E-state index in [4.69, 9.17) is 0 Å². The minimum absolute atomic E-state index is 0.0211. The first-order valence-corrected chi connectivity index (χ1v) is 8.95. The fourth-order valence-corrected chi connectivity index (χ4v) is 3.21. The number of carbonyl (C=O) groups excluding carboxylic acids is 1. The Labute approximate surface area is 120 Å². The Morgan fingerprint density at radius 1 is 1.25 bits per heavy atom. The van der Waals surface area contributed by atoms with E-state index in [-0.39, 0.29) is 18.1 Å². The number of hydrogen-bond acceptors (Lipinski definition) is 4. The van der Waals surface area contributed by atoms with Crippen LogP contribution in [0, 0.1) is 5.41 Å².